The number of hydrogen-bond acceptors (Lipinski definition) is 7. The van der Waals surface area contributed by atoms with Gasteiger partial charge in [0, 0.05) is 37.1 Å². The molecule has 4 aliphatic heterocycles. The lowest BCUT2D eigenvalue weighted by atomic mass is 9.96. The van der Waals surface area contributed by atoms with Crippen molar-refractivity contribution in [3.8, 4) is 11.5 Å². The first-order chi connectivity index (χ1) is 24.5. The van der Waals surface area contributed by atoms with Crippen molar-refractivity contribution in [1.82, 2.24) is 9.80 Å². The van der Waals surface area contributed by atoms with E-state index >= 15 is 0 Å². The third-order valence-corrected chi connectivity index (χ3v) is 10.0. The summed E-state index contributed by atoms with van der Waals surface area (Å²) in [6, 6.07) is 14.6. The monoisotopic (exact) mass is 736 g/mol. The van der Waals surface area contributed by atoms with Crippen molar-refractivity contribution in [2.45, 2.75) is 38.0 Å². The van der Waals surface area contributed by atoms with Gasteiger partial charge in [-0.2, -0.15) is 0 Å². The molecule has 4 aromatic rings. The molecular formula is C37H28Cl2F2N2O8. The molecule has 8 rings (SSSR count). The van der Waals surface area contributed by atoms with E-state index in [2.05, 4.69) is 4.74 Å². The lowest BCUT2D eigenvalue weighted by molar-refractivity contribution is 0.0596. The van der Waals surface area contributed by atoms with Crippen LogP contribution in [0.4, 0.5) is 8.78 Å². The summed E-state index contributed by atoms with van der Waals surface area (Å²) in [7, 11) is 1.23. The Balaban J connectivity index is 0.000000159. The molecule has 0 radical (unpaired) electrons. The number of hydrogen-bond donors (Lipinski definition) is 1. The second-order valence-electron chi connectivity index (χ2n) is 12.3. The normalized spacial score (nSPS) is 18.4. The second kappa shape index (κ2) is 13.5. The van der Waals surface area contributed by atoms with Crippen molar-refractivity contribution < 1.29 is 47.3 Å². The molecule has 1 N–H and O–H groups in total. The lowest BCUT2D eigenvalue weighted by Gasteiger charge is -2.33. The van der Waals surface area contributed by atoms with Gasteiger partial charge in [-0.05, 0) is 47.5 Å². The van der Waals surface area contributed by atoms with Gasteiger partial charge in [0.15, 0.2) is 23.1 Å². The molecule has 0 fully saturated rings. The number of methoxy groups -OCH3 is 1. The van der Waals surface area contributed by atoms with E-state index in [9.17, 15) is 33.1 Å². The Morgan fingerprint density at radius 1 is 0.765 bits per heavy atom. The summed E-state index contributed by atoms with van der Waals surface area (Å²) in [5.74, 6) is -3.61. The van der Waals surface area contributed by atoms with Gasteiger partial charge in [-0.1, -0.05) is 47.5 Å². The number of carboxylic acids is 1. The third-order valence-electron chi connectivity index (χ3n) is 9.39. The van der Waals surface area contributed by atoms with Gasteiger partial charge < -0.3 is 29.1 Å². The number of fused-ring (bicyclic) bond motifs is 4. The third kappa shape index (κ3) is 6.02. The van der Waals surface area contributed by atoms with E-state index in [1.807, 2.05) is 12.1 Å². The summed E-state index contributed by atoms with van der Waals surface area (Å²) in [6.07, 6.45) is 0.946. The molecule has 4 aliphatic rings. The van der Waals surface area contributed by atoms with E-state index in [0.29, 0.717) is 58.2 Å². The van der Waals surface area contributed by atoms with Crippen LogP contribution in [0.15, 0.2) is 60.7 Å². The predicted octanol–water partition coefficient (Wildman–Crippen LogP) is 7.40. The Kier molecular flexibility index (Phi) is 9.07. The molecule has 0 unspecified atom stereocenters. The van der Waals surface area contributed by atoms with Gasteiger partial charge in [0.25, 0.3) is 11.8 Å². The Hall–Kier alpha value is -5.20. The first-order valence-electron chi connectivity index (χ1n) is 15.9. The maximum atomic E-state index is 14.5. The molecule has 2 amide bonds. The molecule has 0 saturated heterocycles. The summed E-state index contributed by atoms with van der Waals surface area (Å²) >= 11 is 12.3. The summed E-state index contributed by atoms with van der Waals surface area (Å²) in [5.41, 5.74) is 3.32. The fraction of sp³-hybridized carbons (Fsp3) is 0.243. The van der Waals surface area contributed by atoms with Crippen LogP contribution in [0.1, 0.15) is 88.6 Å². The number of carbonyl (C=O) groups excluding carboxylic acids is 3. The molecule has 14 heteroatoms. The zero-order valence-corrected chi connectivity index (χ0v) is 28.4. The van der Waals surface area contributed by atoms with E-state index in [-0.39, 0.29) is 47.7 Å². The quantitative estimate of drug-likeness (QED) is 0.215. The van der Waals surface area contributed by atoms with Gasteiger partial charge in [0.05, 0.1) is 64.7 Å². The number of aromatic carboxylic acids is 1. The van der Waals surface area contributed by atoms with Crippen molar-refractivity contribution in [2.75, 3.05) is 20.3 Å². The maximum absolute atomic E-state index is 14.5. The van der Waals surface area contributed by atoms with Crippen LogP contribution in [0.5, 0.6) is 11.5 Å². The molecule has 51 heavy (non-hydrogen) atoms. The topological polar surface area (TPSA) is 123 Å². The van der Waals surface area contributed by atoms with Gasteiger partial charge in [0.1, 0.15) is 0 Å². The van der Waals surface area contributed by atoms with Crippen LogP contribution in [0.3, 0.4) is 0 Å². The highest BCUT2D eigenvalue weighted by Gasteiger charge is 2.40. The molecule has 4 aromatic carbocycles. The number of ether oxygens (including phenoxy) is 3. The first-order valence-corrected chi connectivity index (χ1v) is 16.6. The van der Waals surface area contributed by atoms with Gasteiger partial charge in [-0.25, -0.2) is 18.4 Å². The molecule has 10 nitrogen and oxygen atoms in total. The molecular weight excluding hydrogens is 709 g/mol. The Morgan fingerprint density at radius 2 is 1.22 bits per heavy atom. The Labute approximate surface area is 300 Å². The largest absolute Gasteiger partial charge is 0.490 e. The SMILES string of the molecule is COC(=O)c1cc(F)c2c(c1)[C@H](N1Cc3cccc(Cl)c3C1=O)CCO2.O=C(O)c1cc(F)c2c(c1)[C@H](N1Cc3cccc(Cl)c3C1=O)CCO2. The minimum Gasteiger partial charge on any atom is -0.490 e. The minimum atomic E-state index is -1.23. The van der Waals surface area contributed by atoms with Crippen LogP contribution in [0, 0.1) is 11.6 Å². The molecule has 0 bridgehead atoms. The molecule has 0 aliphatic carbocycles. The number of nitrogens with zero attached hydrogens (tertiary/aromatic N) is 2. The zero-order valence-electron chi connectivity index (χ0n) is 26.9. The summed E-state index contributed by atoms with van der Waals surface area (Å²) < 4.78 is 44.2. The number of esters is 1. The molecule has 262 valence electrons. The zero-order chi connectivity index (χ0) is 36.1. The smallest absolute Gasteiger partial charge is 0.337 e. The molecule has 0 saturated carbocycles. The van der Waals surface area contributed by atoms with Gasteiger partial charge in [-0.3, -0.25) is 9.59 Å². The van der Waals surface area contributed by atoms with E-state index in [1.165, 1.54) is 19.2 Å². The van der Waals surface area contributed by atoms with Crippen LogP contribution >= 0.6 is 23.2 Å². The summed E-state index contributed by atoms with van der Waals surface area (Å²) in [5, 5.41) is 9.96. The first kappa shape index (κ1) is 34.3. The molecule has 4 heterocycles. The van der Waals surface area contributed by atoms with Crippen molar-refractivity contribution in [2.24, 2.45) is 0 Å². The van der Waals surface area contributed by atoms with Gasteiger partial charge in [0.2, 0.25) is 0 Å². The van der Waals surface area contributed by atoms with Crippen molar-refractivity contribution >= 4 is 47.0 Å². The van der Waals surface area contributed by atoms with Crippen LogP contribution in [0.2, 0.25) is 10.0 Å². The summed E-state index contributed by atoms with van der Waals surface area (Å²) in [4.78, 5) is 52.1. The number of amides is 2. The van der Waals surface area contributed by atoms with Crippen molar-refractivity contribution in [1.29, 1.82) is 0 Å². The van der Waals surface area contributed by atoms with Gasteiger partial charge >= 0.3 is 11.9 Å². The van der Waals surface area contributed by atoms with E-state index in [4.69, 9.17) is 32.7 Å². The lowest BCUT2D eigenvalue weighted by Crippen LogP contribution is -2.33. The number of benzene rings is 4. The highest BCUT2D eigenvalue weighted by Crippen LogP contribution is 2.44. The highest BCUT2D eigenvalue weighted by atomic mass is 35.5. The molecule has 2 atom stereocenters. The maximum Gasteiger partial charge on any atom is 0.337 e. The average molecular weight is 738 g/mol. The van der Waals surface area contributed by atoms with Crippen LogP contribution in [-0.2, 0) is 17.8 Å². The fourth-order valence-corrected chi connectivity index (χ4v) is 7.62. The molecule has 0 aromatic heterocycles. The summed E-state index contributed by atoms with van der Waals surface area (Å²) in [6.45, 7) is 1.25. The van der Waals surface area contributed by atoms with E-state index in [1.54, 1.807) is 34.1 Å². The number of carbonyl (C=O) groups is 4. The fourth-order valence-electron chi connectivity index (χ4n) is 7.07. The Bertz CT molecular complexity index is 2140. The standard InChI is InChI=1S/C19H15ClFNO4.C18H13ClFNO4/c1-25-19(24)11-7-12-15(5-6-26-17(12)14(21)8-11)22-9-10-3-2-4-13(20)16(10)18(22)23;19-12-3-1-2-9-8-21(17(22)15(9)12)14-4-5-25-16-11(14)6-10(18(23)24)7-13(16)20/h2-4,7-8,15H,5-6,9H2,1H3;1-3,6-7,14H,4-5,8H2,(H,23,24)/t15-;14-/m11/s1. The van der Waals surface area contributed by atoms with Crippen molar-refractivity contribution in [3.05, 3.63) is 127 Å². The second-order valence-corrected chi connectivity index (χ2v) is 13.1. The van der Waals surface area contributed by atoms with Crippen LogP contribution < -0.4 is 9.47 Å². The van der Waals surface area contributed by atoms with Crippen LogP contribution in [0.25, 0.3) is 0 Å². The highest BCUT2D eigenvalue weighted by molar-refractivity contribution is 6.34. The predicted molar refractivity (Wildman–Crippen MR) is 179 cm³/mol. The molecule has 0 spiro atoms. The number of carboxylic acid groups (broad SMARTS) is 1. The van der Waals surface area contributed by atoms with E-state index in [0.717, 1.165) is 23.3 Å². The van der Waals surface area contributed by atoms with E-state index < -0.39 is 35.7 Å². The van der Waals surface area contributed by atoms with Crippen molar-refractivity contribution in [3.63, 3.8) is 0 Å². The Morgan fingerprint density at radius 3 is 1.65 bits per heavy atom. The average Bonchev–Trinajstić information content (AvgIpc) is 3.64. The number of halogens is 4. The minimum absolute atomic E-state index is 0.0103. The van der Waals surface area contributed by atoms with Gasteiger partial charge in [-0.15, -0.1) is 0 Å². The number of rotatable bonds is 4. The van der Waals surface area contributed by atoms with Crippen LogP contribution in [-0.4, -0.2) is 59.0 Å².